The van der Waals surface area contributed by atoms with Crippen molar-refractivity contribution in [3.05, 3.63) is 29.3 Å². The second kappa shape index (κ2) is 3.96. The van der Waals surface area contributed by atoms with Crippen LogP contribution in [0.1, 0.15) is 18.1 Å². The van der Waals surface area contributed by atoms with Crippen molar-refractivity contribution in [3.63, 3.8) is 0 Å². The molecule has 1 aliphatic heterocycles. The van der Waals surface area contributed by atoms with Crippen LogP contribution in [0.15, 0.2) is 23.2 Å². The number of ether oxygens (including phenoxy) is 1. The van der Waals surface area contributed by atoms with Gasteiger partial charge in [0, 0.05) is 5.56 Å². The fourth-order valence-corrected chi connectivity index (χ4v) is 1.68. The number of aryl methyl sites for hydroxylation is 1. The average molecular weight is 218 g/mol. The van der Waals surface area contributed by atoms with E-state index < -0.39 is 0 Å². The van der Waals surface area contributed by atoms with Crippen molar-refractivity contribution >= 4 is 11.7 Å². The van der Waals surface area contributed by atoms with E-state index in [1.807, 2.05) is 25.1 Å². The van der Waals surface area contributed by atoms with Gasteiger partial charge in [-0.05, 0) is 37.6 Å². The van der Waals surface area contributed by atoms with Crippen LogP contribution in [0, 0.1) is 6.92 Å². The number of nitrogens with zero attached hydrogens (tertiary/aromatic N) is 1. The molecule has 1 N–H and O–H groups in total. The Labute approximate surface area is 94.3 Å². The molecule has 0 radical (unpaired) electrons. The number of nitrogens with one attached hydrogen (secondary N) is 1. The highest BCUT2D eigenvalue weighted by Crippen LogP contribution is 2.19. The van der Waals surface area contributed by atoms with E-state index in [4.69, 9.17) is 4.74 Å². The maximum atomic E-state index is 11.3. The molecular formula is C12H14N2O2. The summed E-state index contributed by atoms with van der Waals surface area (Å²) in [6.07, 6.45) is 0. The number of rotatable bonds is 2. The molecular weight excluding hydrogens is 204 g/mol. The quantitative estimate of drug-likeness (QED) is 0.812. The van der Waals surface area contributed by atoms with E-state index in [-0.39, 0.29) is 11.9 Å². The zero-order valence-electron chi connectivity index (χ0n) is 9.57. The van der Waals surface area contributed by atoms with Crippen molar-refractivity contribution < 1.29 is 9.53 Å². The van der Waals surface area contributed by atoms with E-state index in [9.17, 15) is 4.79 Å². The van der Waals surface area contributed by atoms with Crippen molar-refractivity contribution in [2.75, 3.05) is 7.11 Å². The van der Waals surface area contributed by atoms with Gasteiger partial charge in [0.25, 0.3) is 0 Å². The average Bonchev–Trinajstić information content (AvgIpc) is 2.59. The first-order valence-corrected chi connectivity index (χ1v) is 5.15. The molecule has 1 unspecified atom stereocenters. The molecule has 1 aliphatic rings. The minimum atomic E-state index is -0.294. The summed E-state index contributed by atoms with van der Waals surface area (Å²) in [6.45, 7) is 3.74. The number of hydrogen-bond donors (Lipinski definition) is 1. The van der Waals surface area contributed by atoms with Gasteiger partial charge in [0.05, 0.1) is 7.11 Å². The summed E-state index contributed by atoms with van der Waals surface area (Å²) in [6, 6.07) is 5.43. The monoisotopic (exact) mass is 218 g/mol. The van der Waals surface area contributed by atoms with Crippen LogP contribution in [-0.4, -0.2) is 24.9 Å². The summed E-state index contributed by atoms with van der Waals surface area (Å²) in [5, 5.41) is 2.75. The third-order valence-electron chi connectivity index (χ3n) is 2.61. The van der Waals surface area contributed by atoms with Gasteiger partial charge in [0.15, 0.2) is 0 Å². The molecule has 0 spiro atoms. The Morgan fingerprint density at radius 1 is 1.44 bits per heavy atom. The van der Waals surface area contributed by atoms with Gasteiger partial charge in [-0.2, -0.15) is 0 Å². The number of carbonyl (C=O) groups excluding carboxylic acids is 1. The van der Waals surface area contributed by atoms with Crippen LogP contribution in [0.2, 0.25) is 0 Å². The van der Waals surface area contributed by atoms with E-state index in [0.717, 1.165) is 16.9 Å². The summed E-state index contributed by atoms with van der Waals surface area (Å²) >= 11 is 0. The van der Waals surface area contributed by atoms with E-state index in [1.165, 1.54) is 0 Å². The smallest absolute Gasteiger partial charge is 0.250 e. The van der Waals surface area contributed by atoms with Crippen molar-refractivity contribution in [2.24, 2.45) is 4.99 Å². The molecule has 0 aliphatic carbocycles. The van der Waals surface area contributed by atoms with Gasteiger partial charge in [-0.1, -0.05) is 0 Å². The first-order valence-electron chi connectivity index (χ1n) is 5.15. The van der Waals surface area contributed by atoms with E-state index >= 15 is 0 Å². The minimum Gasteiger partial charge on any atom is -0.496 e. The second-order valence-electron chi connectivity index (χ2n) is 3.83. The van der Waals surface area contributed by atoms with Gasteiger partial charge < -0.3 is 10.1 Å². The van der Waals surface area contributed by atoms with Crippen LogP contribution < -0.4 is 10.1 Å². The normalized spacial score (nSPS) is 19.3. The highest BCUT2D eigenvalue weighted by atomic mass is 16.5. The van der Waals surface area contributed by atoms with Crippen LogP contribution in [0.5, 0.6) is 5.75 Å². The molecule has 0 bridgehead atoms. The highest BCUT2D eigenvalue weighted by Gasteiger charge is 2.22. The molecule has 84 valence electrons. The zero-order chi connectivity index (χ0) is 11.7. The highest BCUT2D eigenvalue weighted by molar-refractivity contribution is 6.13. The van der Waals surface area contributed by atoms with Crippen molar-refractivity contribution in [1.29, 1.82) is 0 Å². The lowest BCUT2D eigenvalue weighted by Gasteiger charge is -2.07. The first kappa shape index (κ1) is 10.7. The molecule has 0 saturated carbocycles. The number of amides is 1. The Morgan fingerprint density at radius 3 is 2.69 bits per heavy atom. The predicted octanol–water partition coefficient (Wildman–Crippen LogP) is 1.27. The number of carbonyl (C=O) groups is 1. The Kier molecular flexibility index (Phi) is 2.64. The molecule has 0 saturated heterocycles. The molecule has 1 amide bonds. The van der Waals surface area contributed by atoms with E-state index in [2.05, 4.69) is 10.3 Å². The molecule has 16 heavy (non-hydrogen) atoms. The number of aliphatic imine (C=N–C) groups is 1. The zero-order valence-corrected chi connectivity index (χ0v) is 9.57. The molecule has 1 aromatic carbocycles. The predicted molar refractivity (Wildman–Crippen MR) is 61.9 cm³/mol. The molecule has 4 heteroatoms. The molecule has 1 heterocycles. The summed E-state index contributed by atoms with van der Waals surface area (Å²) in [5.41, 5.74) is 1.94. The summed E-state index contributed by atoms with van der Waals surface area (Å²) in [5.74, 6) is 1.42. The first-order chi connectivity index (χ1) is 7.61. The molecule has 2 rings (SSSR count). The Morgan fingerprint density at radius 2 is 2.19 bits per heavy atom. The van der Waals surface area contributed by atoms with E-state index in [1.54, 1.807) is 14.0 Å². The van der Waals surface area contributed by atoms with Crippen LogP contribution >= 0.6 is 0 Å². The maximum Gasteiger partial charge on any atom is 0.250 e. The van der Waals surface area contributed by atoms with Gasteiger partial charge in [0.2, 0.25) is 5.91 Å². The number of benzene rings is 1. The number of methoxy groups -OCH3 is 1. The lowest BCUT2D eigenvalue weighted by molar-refractivity contribution is -0.119. The number of amidine groups is 1. The Bertz CT molecular complexity index is 466. The topological polar surface area (TPSA) is 50.7 Å². The van der Waals surface area contributed by atoms with Gasteiger partial charge in [-0.25, -0.2) is 0 Å². The SMILES string of the molecule is COc1ccc(C2=NC(C)C(=O)N2)cc1C. The maximum absolute atomic E-state index is 11.3. The molecule has 1 atom stereocenters. The van der Waals surface area contributed by atoms with Gasteiger partial charge in [0.1, 0.15) is 17.6 Å². The standard InChI is InChI=1S/C12H14N2O2/c1-7-6-9(4-5-10(7)16-3)11-13-8(2)12(15)14-11/h4-6,8H,1-3H3,(H,13,14,15). The van der Waals surface area contributed by atoms with Gasteiger partial charge in [-0.3, -0.25) is 9.79 Å². The van der Waals surface area contributed by atoms with Crippen molar-refractivity contribution in [1.82, 2.24) is 5.32 Å². The molecule has 0 aromatic heterocycles. The van der Waals surface area contributed by atoms with Crippen LogP contribution in [0.4, 0.5) is 0 Å². The van der Waals surface area contributed by atoms with Crippen LogP contribution in [0.3, 0.4) is 0 Å². The molecule has 0 fully saturated rings. The lowest BCUT2D eigenvalue weighted by Crippen LogP contribution is -2.27. The minimum absolute atomic E-state index is 0.0523. The van der Waals surface area contributed by atoms with Crippen LogP contribution in [0.25, 0.3) is 0 Å². The van der Waals surface area contributed by atoms with Gasteiger partial charge >= 0.3 is 0 Å². The summed E-state index contributed by atoms with van der Waals surface area (Å²) in [4.78, 5) is 15.6. The molecule has 1 aromatic rings. The Balaban J connectivity index is 2.33. The summed E-state index contributed by atoms with van der Waals surface area (Å²) in [7, 11) is 1.64. The third kappa shape index (κ3) is 1.78. The van der Waals surface area contributed by atoms with Crippen molar-refractivity contribution in [3.8, 4) is 5.75 Å². The molecule has 4 nitrogen and oxygen atoms in total. The third-order valence-corrected chi connectivity index (χ3v) is 2.61. The van der Waals surface area contributed by atoms with Crippen molar-refractivity contribution in [2.45, 2.75) is 19.9 Å². The summed E-state index contributed by atoms with van der Waals surface area (Å²) < 4.78 is 5.18. The fourth-order valence-electron chi connectivity index (χ4n) is 1.68. The Hall–Kier alpha value is -1.84. The number of hydrogen-bond acceptors (Lipinski definition) is 3. The second-order valence-corrected chi connectivity index (χ2v) is 3.83. The van der Waals surface area contributed by atoms with E-state index in [0.29, 0.717) is 5.84 Å². The lowest BCUT2D eigenvalue weighted by atomic mass is 10.1. The van der Waals surface area contributed by atoms with Gasteiger partial charge in [-0.15, -0.1) is 0 Å². The van der Waals surface area contributed by atoms with Crippen LogP contribution in [-0.2, 0) is 4.79 Å². The fraction of sp³-hybridized carbons (Fsp3) is 0.333. The largest absolute Gasteiger partial charge is 0.496 e.